The largest absolute Gasteiger partial charge is 0.507 e. The van der Waals surface area contributed by atoms with Crippen LogP contribution in [0.5, 0.6) is 11.5 Å². The highest BCUT2D eigenvalue weighted by Crippen LogP contribution is 2.33. The summed E-state index contributed by atoms with van der Waals surface area (Å²) in [6, 6.07) is 22.0. The maximum atomic E-state index is 12.6. The number of para-hydroxylation sites is 4. The lowest BCUT2D eigenvalue weighted by molar-refractivity contribution is -0.113. The molecular weight excluding hydrogens is 450 g/mol. The van der Waals surface area contributed by atoms with Crippen LogP contribution in [-0.4, -0.2) is 38.1 Å². The summed E-state index contributed by atoms with van der Waals surface area (Å²) in [7, 11) is 0. The predicted molar refractivity (Wildman–Crippen MR) is 121 cm³/mol. The number of hydrogen-bond acceptors (Lipinski definition) is 6. The number of alkyl halides is 2. The molecule has 0 saturated heterocycles. The van der Waals surface area contributed by atoms with E-state index in [9.17, 15) is 18.7 Å². The number of nitrogens with zero attached hydrogens (tertiary/aromatic N) is 3. The summed E-state index contributed by atoms with van der Waals surface area (Å²) < 4.78 is 31.4. The van der Waals surface area contributed by atoms with Crippen LogP contribution in [0.3, 0.4) is 0 Å². The van der Waals surface area contributed by atoms with Gasteiger partial charge in [0, 0.05) is 5.69 Å². The molecule has 10 heteroatoms. The number of nitrogens with one attached hydrogen (secondary N) is 1. The SMILES string of the molecule is O=C(CSc1nnc(-c2ccccc2O)n1-c1ccccc1)Nc1ccccc1OC(F)F. The van der Waals surface area contributed by atoms with Gasteiger partial charge >= 0.3 is 6.61 Å². The van der Waals surface area contributed by atoms with Gasteiger partial charge in [-0.2, -0.15) is 8.78 Å². The number of phenols is 1. The van der Waals surface area contributed by atoms with Gasteiger partial charge in [-0.1, -0.05) is 54.2 Å². The van der Waals surface area contributed by atoms with Crippen LogP contribution in [0.25, 0.3) is 17.1 Å². The number of aromatic hydroxyl groups is 1. The number of ether oxygens (including phenoxy) is 1. The summed E-state index contributed by atoms with van der Waals surface area (Å²) in [5.74, 6) is -0.156. The van der Waals surface area contributed by atoms with Gasteiger partial charge in [0.05, 0.1) is 17.0 Å². The molecule has 0 radical (unpaired) electrons. The topological polar surface area (TPSA) is 89.3 Å². The fourth-order valence-corrected chi connectivity index (χ4v) is 3.85. The van der Waals surface area contributed by atoms with E-state index in [4.69, 9.17) is 0 Å². The van der Waals surface area contributed by atoms with Crippen molar-refractivity contribution in [2.24, 2.45) is 0 Å². The Kier molecular flexibility index (Phi) is 6.84. The Hall–Kier alpha value is -3.92. The number of aromatic nitrogens is 3. The fourth-order valence-electron chi connectivity index (χ4n) is 3.10. The van der Waals surface area contributed by atoms with E-state index in [1.807, 2.05) is 30.3 Å². The Morgan fingerprint density at radius 1 is 1.00 bits per heavy atom. The molecule has 0 bridgehead atoms. The average Bonchev–Trinajstić information content (AvgIpc) is 3.23. The summed E-state index contributed by atoms with van der Waals surface area (Å²) in [4.78, 5) is 12.5. The Morgan fingerprint density at radius 3 is 2.45 bits per heavy atom. The first kappa shape index (κ1) is 22.3. The lowest BCUT2D eigenvalue weighted by Gasteiger charge is -2.12. The van der Waals surface area contributed by atoms with Crippen LogP contribution < -0.4 is 10.1 Å². The van der Waals surface area contributed by atoms with Crippen LogP contribution in [0.2, 0.25) is 0 Å². The number of benzene rings is 3. The third-order valence-corrected chi connectivity index (χ3v) is 5.43. The van der Waals surface area contributed by atoms with Crippen molar-refractivity contribution in [3.63, 3.8) is 0 Å². The minimum absolute atomic E-state index is 0.0482. The molecule has 1 heterocycles. The Labute approximate surface area is 192 Å². The second-order valence-electron chi connectivity index (χ2n) is 6.71. The molecular formula is C23H18F2N4O3S. The molecule has 0 spiro atoms. The highest BCUT2D eigenvalue weighted by molar-refractivity contribution is 7.99. The quantitative estimate of drug-likeness (QED) is 0.355. The van der Waals surface area contributed by atoms with Crippen molar-refractivity contribution >= 4 is 23.4 Å². The Balaban J connectivity index is 1.57. The van der Waals surface area contributed by atoms with Gasteiger partial charge in [-0.25, -0.2) is 0 Å². The molecule has 7 nitrogen and oxygen atoms in total. The maximum Gasteiger partial charge on any atom is 0.387 e. The van der Waals surface area contributed by atoms with Crippen LogP contribution in [0.15, 0.2) is 84.0 Å². The monoisotopic (exact) mass is 468 g/mol. The molecule has 0 unspecified atom stereocenters. The zero-order valence-electron chi connectivity index (χ0n) is 17.1. The third kappa shape index (κ3) is 5.29. The predicted octanol–water partition coefficient (Wildman–Crippen LogP) is 4.97. The maximum absolute atomic E-state index is 12.6. The summed E-state index contributed by atoms with van der Waals surface area (Å²) in [6.07, 6.45) is 0. The molecule has 168 valence electrons. The molecule has 0 aliphatic carbocycles. The Morgan fingerprint density at radius 2 is 1.70 bits per heavy atom. The highest BCUT2D eigenvalue weighted by atomic mass is 32.2. The summed E-state index contributed by atoms with van der Waals surface area (Å²) in [6.45, 7) is -3.00. The normalized spacial score (nSPS) is 10.9. The van der Waals surface area contributed by atoms with Crippen molar-refractivity contribution in [3.05, 3.63) is 78.9 Å². The van der Waals surface area contributed by atoms with E-state index in [0.29, 0.717) is 16.5 Å². The molecule has 4 rings (SSSR count). The van der Waals surface area contributed by atoms with Crippen LogP contribution in [0.4, 0.5) is 14.5 Å². The zero-order chi connectivity index (χ0) is 23.2. The van der Waals surface area contributed by atoms with Crippen molar-refractivity contribution in [2.75, 3.05) is 11.1 Å². The number of rotatable bonds is 8. The van der Waals surface area contributed by atoms with Gasteiger partial charge in [0.1, 0.15) is 11.5 Å². The van der Waals surface area contributed by atoms with Crippen molar-refractivity contribution in [3.8, 4) is 28.6 Å². The number of carbonyl (C=O) groups is 1. The molecule has 3 aromatic carbocycles. The molecule has 4 aromatic rings. The first-order valence-electron chi connectivity index (χ1n) is 9.78. The molecule has 0 saturated carbocycles. The molecule has 0 aliphatic rings. The van der Waals surface area contributed by atoms with E-state index in [2.05, 4.69) is 20.3 Å². The molecule has 0 fully saturated rings. The first-order chi connectivity index (χ1) is 16.0. The van der Waals surface area contributed by atoms with Gasteiger partial charge in [-0.15, -0.1) is 10.2 Å². The second-order valence-corrected chi connectivity index (χ2v) is 7.65. The lowest BCUT2D eigenvalue weighted by Crippen LogP contribution is -2.16. The molecule has 2 N–H and O–H groups in total. The smallest absolute Gasteiger partial charge is 0.387 e. The standard InChI is InChI=1S/C23H18F2N4O3S/c24-22(25)32-19-13-7-5-11-17(19)26-20(31)14-33-23-28-27-21(16-10-4-6-12-18(16)30)29(23)15-8-2-1-3-9-15/h1-13,22,30H,14H2,(H,26,31). The fraction of sp³-hybridized carbons (Fsp3) is 0.0870. The van der Waals surface area contributed by atoms with Gasteiger partial charge in [-0.05, 0) is 36.4 Å². The van der Waals surface area contributed by atoms with Crippen LogP contribution in [0, 0.1) is 0 Å². The summed E-state index contributed by atoms with van der Waals surface area (Å²) >= 11 is 1.12. The first-order valence-corrected chi connectivity index (χ1v) is 10.8. The number of hydrogen-bond donors (Lipinski definition) is 2. The third-order valence-electron chi connectivity index (χ3n) is 4.50. The molecule has 1 amide bonds. The minimum atomic E-state index is -3.00. The van der Waals surface area contributed by atoms with Crippen molar-refractivity contribution < 1.29 is 23.4 Å². The van der Waals surface area contributed by atoms with Crippen LogP contribution >= 0.6 is 11.8 Å². The van der Waals surface area contributed by atoms with Crippen LogP contribution in [0.1, 0.15) is 0 Å². The number of phenolic OH excluding ortho intramolecular Hbond substituents is 1. The second kappa shape index (κ2) is 10.1. The zero-order valence-corrected chi connectivity index (χ0v) is 17.9. The van der Waals surface area contributed by atoms with Gasteiger partial charge in [0.15, 0.2) is 11.0 Å². The lowest BCUT2D eigenvalue weighted by atomic mass is 10.2. The van der Waals surface area contributed by atoms with Gasteiger partial charge in [0.25, 0.3) is 0 Å². The van der Waals surface area contributed by atoms with E-state index in [-0.39, 0.29) is 22.9 Å². The van der Waals surface area contributed by atoms with E-state index in [0.717, 1.165) is 17.4 Å². The number of carbonyl (C=O) groups excluding carboxylic acids is 1. The highest BCUT2D eigenvalue weighted by Gasteiger charge is 2.19. The van der Waals surface area contributed by atoms with Gasteiger partial charge < -0.3 is 15.2 Å². The molecule has 0 aliphatic heterocycles. The average molecular weight is 468 g/mol. The van der Waals surface area contributed by atoms with Gasteiger partial charge in [-0.3, -0.25) is 9.36 Å². The number of halogens is 2. The van der Waals surface area contributed by atoms with E-state index in [1.54, 1.807) is 34.9 Å². The van der Waals surface area contributed by atoms with E-state index < -0.39 is 12.5 Å². The summed E-state index contributed by atoms with van der Waals surface area (Å²) in [5, 5.41) is 21.7. The van der Waals surface area contributed by atoms with Crippen LogP contribution in [-0.2, 0) is 4.79 Å². The number of anilines is 1. The van der Waals surface area contributed by atoms with Crippen molar-refractivity contribution in [2.45, 2.75) is 11.8 Å². The van der Waals surface area contributed by atoms with Crippen molar-refractivity contribution in [1.29, 1.82) is 0 Å². The van der Waals surface area contributed by atoms with E-state index in [1.165, 1.54) is 18.2 Å². The minimum Gasteiger partial charge on any atom is -0.507 e. The van der Waals surface area contributed by atoms with E-state index >= 15 is 0 Å². The Bertz CT molecular complexity index is 1250. The molecule has 1 aromatic heterocycles. The van der Waals surface area contributed by atoms with Gasteiger partial charge in [0.2, 0.25) is 5.91 Å². The molecule has 0 atom stereocenters. The number of amides is 1. The van der Waals surface area contributed by atoms with Crippen molar-refractivity contribution in [1.82, 2.24) is 14.8 Å². The number of thioether (sulfide) groups is 1. The summed E-state index contributed by atoms with van der Waals surface area (Å²) in [5.41, 5.74) is 1.38. The molecule has 33 heavy (non-hydrogen) atoms.